The number of thioether (sulfide) groups is 1. The molecular weight excluding hydrogens is 458 g/mol. The Hall–Kier alpha value is -1.48. The number of sulfonamides is 1. The first-order chi connectivity index (χ1) is 13.6. The van der Waals surface area contributed by atoms with Crippen LogP contribution in [-0.4, -0.2) is 38.9 Å². The summed E-state index contributed by atoms with van der Waals surface area (Å²) in [6.45, 7) is 1.78. The first-order valence-corrected chi connectivity index (χ1v) is 12.4. The van der Waals surface area contributed by atoms with Crippen molar-refractivity contribution in [2.45, 2.75) is 18.7 Å². The predicted molar refractivity (Wildman–Crippen MR) is 119 cm³/mol. The highest BCUT2D eigenvalue weighted by molar-refractivity contribution is 7.98. The number of rotatable bonds is 9. The van der Waals surface area contributed by atoms with Crippen molar-refractivity contribution < 1.29 is 17.6 Å². The minimum atomic E-state index is -3.79. The summed E-state index contributed by atoms with van der Waals surface area (Å²) in [6, 6.07) is 9.89. The summed E-state index contributed by atoms with van der Waals surface area (Å²) in [5, 5.41) is 3.17. The lowest BCUT2D eigenvalue weighted by atomic mass is 10.2. The molecule has 0 aliphatic rings. The highest BCUT2D eigenvalue weighted by atomic mass is 35.5. The highest BCUT2D eigenvalue weighted by Gasteiger charge is 2.30. The molecular formula is C19H21Cl2FN2O3S2. The fourth-order valence-electron chi connectivity index (χ4n) is 2.63. The third-order valence-corrected chi connectivity index (χ3v) is 6.79. The topological polar surface area (TPSA) is 66.5 Å². The third kappa shape index (κ3) is 6.77. The molecule has 2 rings (SSSR count). The Bertz CT molecular complexity index is 974. The van der Waals surface area contributed by atoms with Crippen LogP contribution in [0.4, 0.5) is 10.1 Å². The van der Waals surface area contributed by atoms with E-state index in [4.69, 9.17) is 23.2 Å². The fourth-order valence-corrected chi connectivity index (χ4v) is 5.08. The zero-order valence-electron chi connectivity index (χ0n) is 15.9. The zero-order valence-corrected chi connectivity index (χ0v) is 19.0. The third-order valence-electron chi connectivity index (χ3n) is 4.00. The Morgan fingerprint density at radius 2 is 1.93 bits per heavy atom. The van der Waals surface area contributed by atoms with Crippen LogP contribution in [0.2, 0.25) is 10.0 Å². The molecule has 1 atom stereocenters. The molecule has 0 aliphatic carbocycles. The van der Waals surface area contributed by atoms with Crippen LogP contribution in [0.3, 0.4) is 0 Å². The largest absolute Gasteiger partial charge is 0.353 e. The summed E-state index contributed by atoms with van der Waals surface area (Å²) in [7, 11) is -3.79. The number of nitrogens with one attached hydrogen (secondary N) is 1. The van der Waals surface area contributed by atoms with Crippen LogP contribution in [0, 0.1) is 5.82 Å². The van der Waals surface area contributed by atoms with E-state index in [1.54, 1.807) is 18.2 Å². The van der Waals surface area contributed by atoms with Crippen molar-refractivity contribution in [2.75, 3.05) is 22.9 Å². The van der Waals surface area contributed by atoms with E-state index in [1.165, 1.54) is 43.0 Å². The molecule has 0 aliphatic heterocycles. The van der Waals surface area contributed by atoms with Crippen molar-refractivity contribution in [1.29, 1.82) is 0 Å². The minimum absolute atomic E-state index is 0.137. The Morgan fingerprint density at radius 3 is 2.59 bits per heavy atom. The summed E-state index contributed by atoms with van der Waals surface area (Å²) < 4.78 is 39.2. The van der Waals surface area contributed by atoms with Crippen molar-refractivity contribution >= 4 is 56.6 Å². The molecule has 0 spiro atoms. The molecule has 2 aromatic rings. The Balaban J connectivity index is 1.97. The van der Waals surface area contributed by atoms with Crippen LogP contribution in [0.1, 0.15) is 12.5 Å². The number of halogens is 3. The fraction of sp³-hybridized carbons (Fsp3) is 0.316. The predicted octanol–water partition coefficient (Wildman–Crippen LogP) is 4.34. The lowest BCUT2D eigenvalue weighted by Crippen LogP contribution is -2.48. The van der Waals surface area contributed by atoms with Gasteiger partial charge < -0.3 is 5.32 Å². The number of anilines is 1. The summed E-state index contributed by atoms with van der Waals surface area (Å²) in [6.07, 6.45) is 0.998. The molecule has 0 bridgehead atoms. The number of carbonyl (C=O) groups is 1. The molecule has 0 saturated heterocycles. The number of carbonyl (C=O) groups excluding carboxylic acids is 1. The smallest absolute Gasteiger partial charge is 0.243 e. The Labute approximate surface area is 184 Å². The van der Waals surface area contributed by atoms with Gasteiger partial charge in [-0.3, -0.25) is 9.10 Å². The molecule has 0 fully saturated rings. The van der Waals surface area contributed by atoms with E-state index < -0.39 is 22.0 Å². The average Bonchev–Trinajstić information content (AvgIpc) is 2.64. The standard InChI is InChI=1S/C19H21Cl2FN2O3S2/c1-13(24(29(2,26)27)18-11-15(20)7-8-16(18)21)19(25)23-9-10-28-12-14-5-3-4-6-17(14)22/h3-8,11,13H,9-10,12H2,1-2H3,(H,23,25). The van der Waals surface area contributed by atoms with E-state index in [1.807, 2.05) is 0 Å². The van der Waals surface area contributed by atoms with E-state index in [0.717, 1.165) is 10.6 Å². The van der Waals surface area contributed by atoms with E-state index in [0.29, 0.717) is 28.6 Å². The molecule has 1 N–H and O–H groups in total. The average molecular weight is 479 g/mol. The van der Waals surface area contributed by atoms with Crippen LogP contribution in [-0.2, 0) is 20.6 Å². The number of nitrogens with zero attached hydrogens (tertiary/aromatic N) is 1. The van der Waals surface area contributed by atoms with Crippen LogP contribution >= 0.6 is 35.0 Å². The summed E-state index contributed by atoms with van der Waals surface area (Å²) in [5.74, 6) is 0.285. The van der Waals surface area contributed by atoms with E-state index in [-0.39, 0.29) is 16.5 Å². The number of benzene rings is 2. The Kier molecular flexibility index (Phi) is 8.63. The second kappa shape index (κ2) is 10.5. The molecule has 0 saturated carbocycles. The second-order valence-corrected chi connectivity index (χ2v) is 10.1. The molecule has 1 unspecified atom stereocenters. The van der Waals surface area contributed by atoms with Crippen molar-refractivity contribution in [3.63, 3.8) is 0 Å². The number of amides is 1. The SMILES string of the molecule is CC(C(=O)NCCSCc1ccccc1F)N(c1cc(Cl)ccc1Cl)S(C)(=O)=O. The van der Waals surface area contributed by atoms with Gasteiger partial charge in [-0.15, -0.1) is 0 Å². The zero-order chi connectivity index (χ0) is 21.6. The van der Waals surface area contributed by atoms with Crippen molar-refractivity contribution in [1.82, 2.24) is 5.32 Å². The summed E-state index contributed by atoms with van der Waals surface area (Å²) in [4.78, 5) is 12.5. The van der Waals surface area contributed by atoms with Gasteiger partial charge in [0, 0.05) is 23.1 Å². The maximum atomic E-state index is 13.6. The van der Waals surface area contributed by atoms with Gasteiger partial charge in [-0.25, -0.2) is 12.8 Å². The molecule has 0 radical (unpaired) electrons. The van der Waals surface area contributed by atoms with Crippen LogP contribution in [0.15, 0.2) is 42.5 Å². The van der Waals surface area contributed by atoms with Gasteiger partial charge in [0.15, 0.2) is 0 Å². The van der Waals surface area contributed by atoms with Gasteiger partial charge in [-0.2, -0.15) is 11.8 Å². The number of hydrogen-bond donors (Lipinski definition) is 1. The molecule has 1 amide bonds. The highest BCUT2D eigenvalue weighted by Crippen LogP contribution is 2.32. The van der Waals surface area contributed by atoms with Gasteiger partial charge >= 0.3 is 0 Å². The normalized spacial score (nSPS) is 12.4. The quantitative estimate of drug-likeness (QED) is 0.544. The minimum Gasteiger partial charge on any atom is -0.353 e. The van der Waals surface area contributed by atoms with Gasteiger partial charge in [0.25, 0.3) is 0 Å². The van der Waals surface area contributed by atoms with Gasteiger partial charge in [0.1, 0.15) is 11.9 Å². The van der Waals surface area contributed by atoms with Gasteiger partial charge in [-0.05, 0) is 36.8 Å². The first kappa shape index (κ1) is 23.8. The molecule has 2 aromatic carbocycles. The monoisotopic (exact) mass is 478 g/mol. The first-order valence-electron chi connectivity index (χ1n) is 8.64. The van der Waals surface area contributed by atoms with Gasteiger partial charge in [0.2, 0.25) is 15.9 Å². The Morgan fingerprint density at radius 1 is 1.24 bits per heavy atom. The van der Waals surface area contributed by atoms with E-state index in [9.17, 15) is 17.6 Å². The van der Waals surface area contributed by atoms with E-state index >= 15 is 0 Å². The summed E-state index contributed by atoms with van der Waals surface area (Å²) in [5.41, 5.74) is 0.731. The molecule has 0 aromatic heterocycles. The molecule has 158 valence electrons. The molecule has 10 heteroatoms. The van der Waals surface area contributed by atoms with Crippen LogP contribution < -0.4 is 9.62 Å². The molecule has 29 heavy (non-hydrogen) atoms. The van der Waals surface area contributed by atoms with Gasteiger partial charge in [-0.1, -0.05) is 41.4 Å². The number of hydrogen-bond acceptors (Lipinski definition) is 4. The maximum absolute atomic E-state index is 13.6. The molecule has 0 heterocycles. The second-order valence-electron chi connectivity index (χ2n) is 6.27. The van der Waals surface area contributed by atoms with Crippen LogP contribution in [0.5, 0.6) is 0 Å². The molecule has 5 nitrogen and oxygen atoms in total. The van der Waals surface area contributed by atoms with Crippen LogP contribution in [0.25, 0.3) is 0 Å². The lowest BCUT2D eigenvalue weighted by molar-refractivity contribution is -0.121. The van der Waals surface area contributed by atoms with Gasteiger partial charge in [0.05, 0.1) is 17.0 Å². The van der Waals surface area contributed by atoms with Crippen molar-refractivity contribution in [2.24, 2.45) is 0 Å². The maximum Gasteiger partial charge on any atom is 0.243 e. The lowest BCUT2D eigenvalue weighted by Gasteiger charge is -2.29. The van der Waals surface area contributed by atoms with E-state index in [2.05, 4.69) is 5.32 Å². The summed E-state index contributed by atoms with van der Waals surface area (Å²) >= 11 is 13.6. The van der Waals surface area contributed by atoms with Crippen molar-refractivity contribution in [3.05, 3.63) is 63.9 Å². The van der Waals surface area contributed by atoms with Crippen molar-refractivity contribution in [3.8, 4) is 0 Å².